The fourth-order valence-electron chi connectivity index (χ4n) is 4.69. The molecule has 1 aliphatic carbocycles. The average molecular weight is 512 g/mol. The molecule has 1 N–H and O–H groups in total. The molecule has 1 aromatic carbocycles. The van der Waals surface area contributed by atoms with Crippen LogP contribution in [-0.2, 0) is 12.8 Å². The van der Waals surface area contributed by atoms with E-state index >= 15 is 0 Å². The number of rotatable bonds is 3. The molecule has 0 radical (unpaired) electrons. The Kier molecular flexibility index (Phi) is 6.64. The zero-order chi connectivity index (χ0) is 23.7. The summed E-state index contributed by atoms with van der Waals surface area (Å²) in [6.45, 7) is 2.79. The molecule has 0 atom stereocenters. The highest BCUT2D eigenvalue weighted by Gasteiger charge is 2.28. The Morgan fingerprint density at radius 3 is 2.53 bits per heavy atom. The second-order valence-corrected chi connectivity index (χ2v) is 9.59. The number of nitrogens with one attached hydrogen (secondary N) is 1. The maximum absolute atomic E-state index is 10.1. The van der Waals surface area contributed by atoms with Gasteiger partial charge in [-0.1, -0.05) is 29.3 Å². The number of nitriles is 1. The van der Waals surface area contributed by atoms with Crippen molar-refractivity contribution in [1.82, 2.24) is 9.88 Å². The van der Waals surface area contributed by atoms with E-state index in [4.69, 9.17) is 44.8 Å². The number of benzene rings is 1. The summed E-state index contributed by atoms with van der Waals surface area (Å²) in [5.41, 5.74) is 4.53. The minimum Gasteiger partial charge on any atom is -0.463 e. The number of hydrogen-bond donors (Lipinski definition) is 1. The molecule has 0 bridgehead atoms. The molecule has 0 unspecified atom stereocenters. The Balaban J connectivity index is 1.37. The predicted octanol–water partition coefficient (Wildman–Crippen LogP) is 5.92. The van der Waals surface area contributed by atoms with Gasteiger partial charge in [0.15, 0.2) is 10.9 Å². The maximum atomic E-state index is 10.1. The number of thiocarbonyl (C=S) groups is 1. The lowest BCUT2D eigenvalue weighted by Gasteiger charge is -2.38. The first-order chi connectivity index (χ1) is 16.6. The largest absolute Gasteiger partial charge is 0.463 e. The van der Waals surface area contributed by atoms with Crippen molar-refractivity contribution in [3.8, 4) is 17.5 Å². The van der Waals surface area contributed by atoms with Crippen LogP contribution in [0.25, 0.3) is 11.5 Å². The highest BCUT2D eigenvalue weighted by molar-refractivity contribution is 7.80. The first kappa shape index (κ1) is 23.0. The highest BCUT2D eigenvalue weighted by Crippen LogP contribution is 2.37. The summed E-state index contributed by atoms with van der Waals surface area (Å²) >= 11 is 18.1. The number of hydrogen-bond acceptors (Lipinski definition) is 5. The molecule has 1 aliphatic heterocycles. The van der Waals surface area contributed by atoms with E-state index in [0.29, 0.717) is 52.6 Å². The van der Waals surface area contributed by atoms with Crippen LogP contribution in [0.15, 0.2) is 41.0 Å². The topological polar surface area (TPSA) is 68.3 Å². The van der Waals surface area contributed by atoms with Gasteiger partial charge in [0.25, 0.3) is 0 Å². The molecule has 1 saturated heterocycles. The van der Waals surface area contributed by atoms with Gasteiger partial charge in [0.05, 0.1) is 27.6 Å². The zero-order valence-corrected chi connectivity index (χ0v) is 20.8. The fraction of sp³-hybridized carbons (Fsp3) is 0.320. The smallest absolute Gasteiger partial charge is 0.173 e. The standard InChI is InChI=1S/C25H23Cl2N5OS/c26-19-7-3-8-20(22(19)27)29-25(34)32-12-10-31(11-13-32)24-18(15-28)16-5-1-2-6-17(16)23(30-24)21-9-4-14-33-21/h3-4,7-9,14H,1-2,5-6,10-13H2,(H,29,34). The number of pyridine rings is 1. The number of fused-ring (bicyclic) bond motifs is 1. The lowest BCUT2D eigenvalue weighted by atomic mass is 9.87. The zero-order valence-electron chi connectivity index (χ0n) is 18.5. The molecule has 0 saturated carbocycles. The van der Waals surface area contributed by atoms with Crippen LogP contribution in [0.2, 0.25) is 10.0 Å². The van der Waals surface area contributed by atoms with Gasteiger partial charge in [0.2, 0.25) is 0 Å². The van der Waals surface area contributed by atoms with E-state index in [9.17, 15) is 5.26 Å². The van der Waals surface area contributed by atoms with Crippen molar-refractivity contribution in [2.75, 3.05) is 36.4 Å². The number of halogens is 2. The summed E-state index contributed by atoms with van der Waals surface area (Å²) in [7, 11) is 0. The van der Waals surface area contributed by atoms with Gasteiger partial charge in [-0.15, -0.1) is 0 Å². The van der Waals surface area contributed by atoms with Gasteiger partial charge in [-0.05, 0) is 73.3 Å². The molecule has 6 nitrogen and oxygen atoms in total. The van der Waals surface area contributed by atoms with E-state index in [1.54, 1.807) is 12.3 Å². The molecule has 34 heavy (non-hydrogen) atoms. The molecule has 0 amide bonds. The Morgan fingerprint density at radius 1 is 1.06 bits per heavy atom. The molecule has 5 rings (SSSR count). The molecule has 2 aliphatic rings. The summed E-state index contributed by atoms with van der Waals surface area (Å²) in [4.78, 5) is 9.28. The molecular weight excluding hydrogens is 489 g/mol. The van der Waals surface area contributed by atoms with Crippen molar-refractivity contribution in [2.24, 2.45) is 0 Å². The average Bonchev–Trinajstić information content (AvgIpc) is 3.41. The molecule has 3 heterocycles. The van der Waals surface area contributed by atoms with E-state index in [1.165, 1.54) is 0 Å². The van der Waals surface area contributed by atoms with E-state index in [2.05, 4.69) is 21.2 Å². The van der Waals surface area contributed by atoms with Crippen LogP contribution in [0.4, 0.5) is 11.5 Å². The second kappa shape index (κ2) is 9.83. The third-order valence-electron chi connectivity index (χ3n) is 6.42. The third kappa shape index (κ3) is 4.34. The Hall–Kier alpha value is -2.79. The second-order valence-electron chi connectivity index (χ2n) is 8.42. The summed E-state index contributed by atoms with van der Waals surface area (Å²) < 4.78 is 5.71. The Bertz CT molecular complexity index is 1260. The molecule has 2 aromatic heterocycles. The van der Waals surface area contributed by atoms with E-state index < -0.39 is 0 Å². The maximum Gasteiger partial charge on any atom is 0.173 e. The first-order valence-corrected chi connectivity index (χ1v) is 12.5. The number of nitrogens with zero attached hydrogens (tertiary/aromatic N) is 4. The Morgan fingerprint density at radius 2 is 1.82 bits per heavy atom. The van der Waals surface area contributed by atoms with Crippen molar-refractivity contribution in [3.63, 3.8) is 0 Å². The normalized spacial score (nSPS) is 15.6. The molecule has 1 fully saturated rings. The predicted molar refractivity (Wildman–Crippen MR) is 140 cm³/mol. The molecule has 3 aromatic rings. The van der Waals surface area contributed by atoms with Gasteiger partial charge in [0.1, 0.15) is 17.6 Å². The SMILES string of the molecule is N#Cc1c(N2CCN(C(=S)Nc3cccc(Cl)c3Cl)CC2)nc(-c2ccco2)c2c1CCCC2. The van der Waals surface area contributed by atoms with Gasteiger partial charge >= 0.3 is 0 Å². The molecule has 174 valence electrons. The van der Waals surface area contributed by atoms with E-state index in [0.717, 1.165) is 54.1 Å². The van der Waals surface area contributed by atoms with Crippen molar-refractivity contribution in [1.29, 1.82) is 5.26 Å². The monoisotopic (exact) mass is 511 g/mol. The van der Waals surface area contributed by atoms with E-state index in [-0.39, 0.29) is 0 Å². The Labute approximate surface area is 214 Å². The molecule has 9 heteroatoms. The van der Waals surface area contributed by atoms with Crippen LogP contribution >= 0.6 is 35.4 Å². The van der Waals surface area contributed by atoms with Crippen LogP contribution in [0.5, 0.6) is 0 Å². The van der Waals surface area contributed by atoms with Crippen LogP contribution in [0.3, 0.4) is 0 Å². The highest BCUT2D eigenvalue weighted by atomic mass is 35.5. The fourth-order valence-corrected chi connectivity index (χ4v) is 5.33. The number of piperazine rings is 1. The van der Waals surface area contributed by atoms with Crippen molar-refractivity contribution in [2.45, 2.75) is 25.7 Å². The number of anilines is 2. The summed E-state index contributed by atoms with van der Waals surface area (Å²) in [6.07, 6.45) is 5.68. The summed E-state index contributed by atoms with van der Waals surface area (Å²) in [5, 5.41) is 14.8. The van der Waals surface area contributed by atoms with Crippen molar-refractivity contribution >= 4 is 52.0 Å². The van der Waals surface area contributed by atoms with Crippen molar-refractivity contribution in [3.05, 3.63) is 63.3 Å². The lowest BCUT2D eigenvalue weighted by molar-refractivity contribution is 0.389. The third-order valence-corrected chi connectivity index (χ3v) is 7.60. The summed E-state index contributed by atoms with van der Waals surface area (Å²) in [6, 6.07) is 11.7. The molecular formula is C25H23Cl2N5OS. The first-order valence-electron chi connectivity index (χ1n) is 11.3. The van der Waals surface area contributed by atoms with Gasteiger partial charge in [0, 0.05) is 26.2 Å². The van der Waals surface area contributed by atoms with Crippen LogP contribution in [0, 0.1) is 11.3 Å². The van der Waals surface area contributed by atoms with Crippen molar-refractivity contribution < 1.29 is 4.42 Å². The number of furan rings is 1. The van der Waals surface area contributed by atoms with Crippen LogP contribution < -0.4 is 10.2 Å². The van der Waals surface area contributed by atoms with E-state index in [1.807, 2.05) is 24.3 Å². The quantitative estimate of drug-likeness (QED) is 0.437. The minimum absolute atomic E-state index is 0.451. The van der Waals surface area contributed by atoms with Gasteiger partial charge < -0.3 is 19.5 Å². The summed E-state index contributed by atoms with van der Waals surface area (Å²) in [5.74, 6) is 1.50. The van der Waals surface area contributed by atoms with Crippen LogP contribution in [-0.4, -0.2) is 41.2 Å². The minimum atomic E-state index is 0.451. The van der Waals surface area contributed by atoms with Crippen LogP contribution in [0.1, 0.15) is 29.5 Å². The molecule has 0 spiro atoms. The van der Waals surface area contributed by atoms with Gasteiger partial charge in [-0.25, -0.2) is 4.98 Å². The van der Waals surface area contributed by atoms with Gasteiger partial charge in [-0.3, -0.25) is 0 Å². The number of aromatic nitrogens is 1. The lowest BCUT2D eigenvalue weighted by Crippen LogP contribution is -2.50. The van der Waals surface area contributed by atoms with Gasteiger partial charge in [-0.2, -0.15) is 5.26 Å².